The lowest BCUT2D eigenvalue weighted by Crippen LogP contribution is -2.24. The molecule has 1 atom stereocenters. The van der Waals surface area contributed by atoms with Gasteiger partial charge in [0.2, 0.25) is 0 Å². The number of methoxy groups -OCH3 is 1. The third-order valence-electron chi connectivity index (χ3n) is 2.24. The average Bonchev–Trinajstić information content (AvgIpc) is 2.27. The number of aromatic nitrogens is 2. The van der Waals surface area contributed by atoms with Crippen LogP contribution in [0.15, 0.2) is 11.0 Å². The van der Waals surface area contributed by atoms with E-state index in [1.165, 1.54) is 4.68 Å². The van der Waals surface area contributed by atoms with Crippen LogP contribution < -0.4 is 10.9 Å². The van der Waals surface area contributed by atoms with Crippen LogP contribution in [0.2, 0.25) is 5.02 Å². The lowest BCUT2D eigenvalue weighted by molar-refractivity contribution is 0.191. The molecule has 5 nitrogen and oxygen atoms in total. The lowest BCUT2D eigenvalue weighted by atomic mass is 10.2. The highest BCUT2D eigenvalue weighted by molar-refractivity contribution is 6.32. The van der Waals surface area contributed by atoms with E-state index in [-0.39, 0.29) is 16.6 Å². The van der Waals surface area contributed by atoms with Gasteiger partial charge in [-0.3, -0.25) is 4.79 Å². The fraction of sp³-hybridized carbons (Fsp3) is 0.600. The SMILES string of the molecule is COCCC(C)Nc1cnn(C)c(=O)c1Cl. The van der Waals surface area contributed by atoms with E-state index >= 15 is 0 Å². The fourth-order valence-corrected chi connectivity index (χ4v) is 1.47. The van der Waals surface area contributed by atoms with Crippen molar-refractivity contribution in [1.29, 1.82) is 0 Å². The predicted octanol–water partition coefficient (Wildman–Crippen LogP) is 1.27. The molecule has 0 saturated heterocycles. The molecule has 6 heteroatoms. The lowest BCUT2D eigenvalue weighted by Gasteiger charge is -2.15. The van der Waals surface area contributed by atoms with E-state index in [0.29, 0.717) is 12.3 Å². The Kier molecular flexibility index (Phi) is 4.76. The summed E-state index contributed by atoms with van der Waals surface area (Å²) in [4.78, 5) is 11.5. The molecule has 0 aliphatic carbocycles. The van der Waals surface area contributed by atoms with Gasteiger partial charge in [-0.1, -0.05) is 11.6 Å². The van der Waals surface area contributed by atoms with Crippen molar-refractivity contribution < 1.29 is 4.74 Å². The summed E-state index contributed by atoms with van der Waals surface area (Å²) in [5.74, 6) is 0. The summed E-state index contributed by atoms with van der Waals surface area (Å²) in [7, 11) is 3.21. The molecular weight excluding hydrogens is 230 g/mol. The molecule has 0 spiro atoms. The number of aryl methyl sites for hydroxylation is 1. The molecule has 0 bridgehead atoms. The maximum Gasteiger partial charge on any atom is 0.287 e. The van der Waals surface area contributed by atoms with Gasteiger partial charge >= 0.3 is 0 Å². The Balaban J connectivity index is 2.74. The summed E-state index contributed by atoms with van der Waals surface area (Å²) in [5.41, 5.74) is 0.263. The molecule has 1 N–H and O–H groups in total. The predicted molar refractivity (Wildman–Crippen MR) is 64.1 cm³/mol. The molecule has 0 fully saturated rings. The van der Waals surface area contributed by atoms with E-state index in [2.05, 4.69) is 10.4 Å². The molecule has 1 unspecified atom stereocenters. The maximum absolute atomic E-state index is 11.5. The van der Waals surface area contributed by atoms with Gasteiger partial charge in [-0.25, -0.2) is 4.68 Å². The molecule has 1 heterocycles. The Morgan fingerprint density at radius 1 is 1.69 bits per heavy atom. The van der Waals surface area contributed by atoms with Gasteiger partial charge in [-0.05, 0) is 13.3 Å². The van der Waals surface area contributed by atoms with Gasteiger partial charge in [0.25, 0.3) is 5.56 Å². The number of rotatable bonds is 5. The van der Waals surface area contributed by atoms with E-state index in [9.17, 15) is 4.79 Å². The second-order valence-corrected chi connectivity index (χ2v) is 4.01. The van der Waals surface area contributed by atoms with Crippen molar-refractivity contribution in [2.75, 3.05) is 19.0 Å². The van der Waals surface area contributed by atoms with Gasteiger partial charge < -0.3 is 10.1 Å². The second kappa shape index (κ2) is 5.86. The Morgan fingerprint density at radius 2 is 2.38 bits per heavy atom. The van der Waals surface area contributed by atoms with Gasteiger partial charge in [-0.2, -0.15) is 5.10 Å². The Morgan fingerprint density at radius 3 is 3.00 bits per heavy atom. The van der Waals surface area contributed by atoms with Crippen LogP contribution in [0.3, 0.4) is 0 Å². The van der Waals surface area contributed by atoms with Crippen LogP contribution in [0.5, 0.6) is 0 Å². The van der Waals surface area contributed by atoms with Crippen LogP contribution in [-0.4, -0.2) is 29.5 Å². The molecular formula is C10H16ClN3O2. The zero-order valence-corrected chi connectivity index (χ0v) is 10.4. The van der Waals surface area contributed by atoms with E-state index in [1.807, 2.05) is 6.92 Å². The molecule has 16 heavy (non-hydrogen) atoms. The first-order valence-electron chi connectivity index (χ1n) is 5.03. The number of nitrogens with zero attached hydrogens (tertiary/aromatic N) is 2. The van der Waals surface area contributed by atoms with E-state index < -0.39 is 0 Å². The minimum Gasteiger partial charge on any atom is -0.385 e. The van der Waals surface area contributed by atoms with Crippen molar-refractivity contribution >= 4 is 17.3 Å². The van der Waals surface area contributed by atoms with E-state index in [4.69, 9.17) is 16.3 Å². The van der Waals surface area contributed by atoms with Crippen molar-refractivity contribution in [3.05, 3.63) is 21.6 Å². The Hall–Kier alpha value is -1.07. The third-order valence-corrected chi connectivity index (χ3v) is 2.60. The van der Waals surface area contributed by atoms with Crippen molar-refractivity contribution in [1.82, 2.24) is 9.78 Å². The highest BCUT2D eigenvalue weighted by Gasteiger charge is 2.09. The summed E-state index contributed by atoms with van der Waals surface area (Å²) >= 11 is 5.91. The van der Waals surface area contributed by atoms with E-state index in [1.54, 1.807) is 20.4 Å². The van der Waals surface area contributed by atoms with Crippen LogP contribution in [0, 0.1) is 0 Å². The molecule has 0 radical (unpaired) electrons. The first kappa shape index (κ1) is 13.0. The van der Waals surface area contributed by atoms with Crippen molar-refractivity contribution in [3.8, 4) is 0 Å². The van der Waals surface area contributed by atoms with Crippen LogP contribution in [-0.2, 0) is 11.8 Å². The second-order valence-electron chi connectivity index (χ2n) is 3.63. The first-order valence-corrected chi connectivity index (χ1v) is 5.41. The summed E-state index contributed by atoms with van der Waals surface area (Å²) < 4.78 is 6.17. The number of halogens is 1. The number of ether oxygens (including phenoxy) is 1. The molecule has 1 aromatic rings. The molecule has 0 saturated carbocycles. The van der Waals surface area contributed by atoms with Gasteiger partial charge in [0.1, 0.15) is 5.02 Å². The summed E-state index contributed by atoms with van der Waals surface area (Å²) in [6.07, 6.45) is 2.38. The summed E-state index contributed by atoms with van der Waals surface area (Å²) in [6.45, 7) is 2.65. The minimum atomic E-state index is -0.300. The molecule has 0 aliphatic rings. The highest BCUT2D eigenvalue weighted by atomic mass is 35.5. The number of hydrogen-bond acceptors (Lipinski definition) is 4. The molecule has 1 rings (SSSR count). The van der Waals surface area contributed by atoms with Gasteiger partial charge in [0.15, 0.2) is 0 Å². The molecule has 0 amide bonds. The smallest absolute Gasteiger partial charge is 0.287 e. The quantitative estimate of drug-likeness (QED) is 0.849. The molecule has 1 aromatic heterocycles. The van der Waals surface area contributed by atoms with Gasteiger partial charge in [0, 0.05) is 26.8 Å². The summed E-state index contributed by atoms with van der Waals surface area (Å²) in [6, 6.07) is 0.173. The highest BCUT2D eigenvalue weighted by Crippen LogP contribution is 2.16. The van der Waals surface area contributed by atoms with Crippen LogP contribution in [0.4, 0.5) is 5.69 Å². The van der Waals surface area contributed by atoms with Crippen LogP contribution >= 0.6 is 11.6 Å². The van der Waals surface area contributed by atoms with Crippen molar-refractivity contribution in [3.63, 3.8) is 0 Å². The molecule has 0 aromatic carbocycles. The number of hydrogen-bond donors (Lipinski definition) is 1. The first-order chi connectivity index (χ1) is 7.56. The zero-order chi connectivity index (χ0) is 12.1. The fourth-order valence-electron chi connectivity index (χ4n) is 1.24. The van der Waals surface area contributed by atoms with Gasteiger partial charge in [-0.15, -0.1) is 0 Å². The van der Waals surface area contributed by atoms with Gasteiger partial charge in [0.05, 0.1) is 11.9 Å². The van der Waals surface area contributed by atoms with E-state index in [0.717, 1.165) is 6.42 Å². The Bertz CT molecular complexity index is 406. The van der Waals surface area contributed by atoms with Crippen molar-refractivity contribution in [2.45, 2.75) is 19.4 Å². The minimum absolute atomic E-state index is 0.168. The van der Waals surface area contributed by atoms with Crippen molar-refractivity contribution in [2.24, 2.45) is 7.05 Å². The number of nitrogens with one attached hydrogen (secondary N) is 1. The standard InChI is InChI=1S/C10H16ClN3O2/c1-7(4-5-16-3)13-8-6-12-14(2)10(15)9(8)11/h6-7,13H,4-5H2,1-3H3. The topological polar surface area (TPSA) is 56.1 Å². The largest absolute Gasteiger partial charge is 0.385 e. The monoisotopic (exact) mass is 245 g/mol. The average molecular weight is 246 g/mol. The number of anilines is 1. The summed E-state index contributed by atoms with van der Waals surface area (Å²) in [5, 5.41) is 7.19. The molecule has 0 aliphatic heterocycles. The van der Waals surface area contributed by atoms with Crippen LogP contribution in [0.25, 0.3) is 0 Å². The maximum atomic E-state index is 11.5. The molecule has 90 valence electrons. The van der Waals surface area contributed by atoms with Crippen LogP contribution in [0.1, 0.15) is 13.3 Å². The zero-order valence-electron chi connectivity index (χ0n) is 9.66. The Labute approximate surface area is 99.4 Å². The third kappa shape index (κ3) is 3.21. The normalized spacial score (nSPS) is 12.5.